The van der Waals surface area contributed by atoms with Gasteiger partial charge < -0.3 is 24.4 Å². The number of nitrogens with one attached hydrogen (secondary N) is 2. The maximum Gasteiger partial charge on any atom is 0.222 e. The number of furan rings is 1. The van der Waals surface area contributed by atoms with E-state index in [1.807, 2.05) is 54.1 Å². The predicted molar refractivity (Wildman–Crippen MR) is 132 cm³/mol. The molecule has 0 atom stereocenters. The Morgan fingerprint density at radius 3 is 2.74 bits per heavy atom. The smallest absolute Gasteiger partial charge is 0.222 e. The maximum absolute atomic E-state index is 11.3. The molecule has 0 aliphatic carbocycles. The van der Waals surface area contributed by atoms with Gasteiger partial charge >= 0.3 is 0 Å². The lowest BCUT2D eigenvalue weighted by atomic mass is 10.1. The number of hydrogen-bond donors (Lipinski definition) is 2. The molecular weight excluding hydrogens is 454 g/mol. The number of ether oxygens (including phenoxy) is 1. The van der Waals surface area contributed by atoms with Crippen LogP contribution in [0.3, 0.4) is 0 Å². The lowest BCUT2D eigenvalue weighted by Crippen LogP contribution is -2.07. The zero-order valence-corrected chi connectivity index (χ0v) is 19.1. The van der Waals surface area contributed by atoms with Crippen LogP contribution in [0.15, 0.2) is 77.7 Å². The summed E-state index contributed by atoms with van der Waals surface area (Å²) < 4.78 is 13.1. The van der Waals surface area contributed by atoms with Crippen LogP contribution < -0.4 is 15.4 Å². The molecular formula is C25H20ClN5O3. The Labute approximate surface area is 200 Å². The van der Waals surface area contributed by atoms with Crippen molar-refractivity contribution >= 4 is 46.0 Å². The van der Waals surface area contributed by atoms with Crippen molar-refractivity contribution in [3.05, 3.63) is 78.3 Å². The highest BCUT2D eigenvalue weighted by molar-refractivity contribution is 6.33. The second-order valence-corrected chi connectivity index (χ2v) is 8.04. The largest absolute Gasteiger partial charge is 0.472 e. The Balaban J connectivity index is 1.40. The SMILES string of the molecule is CC(=O)Nc1cc(Oc2ccc3c(c2)nc(Nc2ccc(Cl)c(-c4ccoc4)c2)n3C)ccn1. The van der Waals surface area contributed by atoms with E-state index in [9.17, 15) is 4.79 Å². The van der Waals surface area contributed by atoms with Crippen LogP contribution >= 0.6 is 11.6 Å². The summed E-state index contributed by atoms with van der Waals surface area (Å²) in [5.41, 5.74) is 4.32. The van der Waals surface area contributed by atoms with E-state index >= 15 is 0 Å². The zero-order valence-electron chi connectivity index (χ0n) is 18.4. The van der Waals surface area contributed by atoms with Crippen LogP contribution in [0.2, 0.25) is 5.02 Å². The lowest BCUT2D eigenvalue weighted by molar-refractivity contribution is -0.114. The number of hydrogen-bond acceptors (Lipinski definition) is 6. The average molecular weight is 474 g/mol. The number of aromatic nitrogens is 3. The van der Waals surface area contributed by atoms with Gasteiger partial charge in [-0.15, -0.1) is 0 Å². The van der Waals surface area contributed by atoms with Gasteiger partial charge in [-0.1, -0.05) is 11.6 Å². The van der Waals surface area contributed by atoms with Crippen molar-refractivity contribution in [1.29, 1.82) is 0 Å². The quantitative estimate of drug-likeness (QED) is 0.297. The number of fused-ring (bicyclic) bond motifs is 1. The molecule has 2 aromatic carbocycles. The van der Waals surface area contributed by atoms with Crippen molar-refractivity contribution in [2.75, 3.05) is 10.6 Å². The topological polar surface area (TPSA) is 94.2 Å². The van der Waals surface area contributed by atoms with Crippen LogP contribution in [-0.2, 0) is 11.8 Å². The molecule has 0 aliphatic rings. The van der Waals surface area contributed by atoms with Gasteiger partial charge in [-0.05, 0) is 42.5 Å². The average Bonchev–Trinajstić information content (AvgIpc) is 3.44. The summed E-state index contributed by atoms with van der Waals surface area (Å²) >= 11 is 6.38. The van der Waals surface area contributed by atoms with Gasteiger partial charge in [0.25, 0.3) is 0 Å². The van der Waals surface area contributed by atoms with E-state index in [-0.39, 0.29) is 5.91 Å². The van der Waals surface area contributed by atoms with Crippen LogP contribution in [0, 0.1) is 0 Å². The second kappa shape index (κ2) is 8.92. The molecule has 0 fully saturated rings. The third kappa shape index (κ3) is 4.44. The highest BCUT2D eigenvalue weighted by Gasteiger charge is 2.12. The van der Waals surface area contributed by atoms with Gasteiger partial charge in [-0.25, -0.2) is 9.97 Å². The molecule has 0 radical (unpaired) electrons. The molecule has 3 aromatic heterocycles. The highest BCUT2D eigenvalue weighted by Crippen LogP contribution is 2.33. The van der Waals surface area contributed by atoms with Crippen LogP contribution in [0.25, 0.3) is 22.2 Å². The molecule has 1 amide bonds. The Morgan fingerprint density at radius 2 is 1.94 bits per heavy atom. The minimum atomic E-state index is -0.197. The summed E-state index contributed by atoms with van der Waals surface area (Å²) in [5, 5.41) is 6.64. The van der Waals surface area contributed by atoms with E-state index in [2.05, 4.69) is 15.6 Å². The van der Waals surface area contributed by atoms with Gasteiger partial charge in [0.15, 0.2) is 0 Å². The molecule has 34 heavy (non-hydrogen) atoms. The fourth-order valence-corrected chi connectivity index (χ4v) is 3.81. The fraction of sp³-hybridized carbons (Fsp3) is 0.0800. The number of anilines is 3. The molecule has 9 heteroatoms. The van der Waals surface area contributed by atoms with Crippen LogP contribution in [0.1, 0.15) is 6.92 Å². The summed E-state index contributed by atoms with van der Waals surface area (Å²) in [6.45, 7) is 1.43. The monoisotopic (exact) mass is 473 g/mol. The summed E-state index contributed by atoms with van der Waals surface area (Å²) in [7, 11) is 1.94. The maximum atomic E-state index is 11.3. The highest BCUT2D eigenvalue weighted by atomic mass is 35.5. The normalized spacial score (nSPS) is 10.9. The summed E-state index contributed by atoms with van der Waals surface area (Å²) in [6.07, 6.45) is 4.85. The number of amides is 1. The number of carbonyl (C=O) groups is 1. The van der Waals surface area contributed by atoms with Crippen LogP contribution in [0.5, 0.6) is 11.5 Å². The third-order valence-corrected chi connectivity index (χ3v) is 5.51. The number of carbonyl (C=O) groups excluding carboxylic acids is 1. The van der Waals surface area contributed by atoms with Gasteiger partial charge in [-0.3, -0.25) is 4.79 Å². The predicted octanol–water partition coefficient (Wildman–Crippen LogP) is 6.38. The number of nitrogens with zero attached hydrogens (tertiary/aromatic N) is 3. The molecule has 0 bridgehead atoms. The number of benzene rings is 2. The molecule has 0 unspecified atom stereocenters. The van der Waals surface area contributed by atoms with Crippen LogP contribution in [0.4, 0.5) is 17.5 Å². The van der Waals surface area contributed by atoms with Crippen molar-refractivity contribution < 1.29 is 13.9 Å². The first-order chi connectivity index (χ1) is 16.5. The minimum Gasteiger partial charge on any atom is -0.472 e. The van der Waals surface area contributed by atoms with E-state index < -0.39 is 0 Å². The van der Waals surface area contributed by atoms with Crippen LogP contribution in [-0.4, -0.2) is 20.4 Å². The standard InChI is InChI=1S/C25H20ClN5O3/c1-15(32)28-24-13-19(7-9-27-24)34-18-4-6-23-22(12-18)30-25(31(23)2)29-17-3-5-21(26)20(11-17)16-8-10-33-14-16/h3-14H,1-2H3,(H,29,30)(H,27,28,32). The van der Waals surface area contributed by atoms with Crippen molar-refractivity contribution in [2.45, 2.75) is 6.92 Å². The summed E-state index contributed by atoms with van der Waals surface area (Å²) in [6, 6.07) is 16.6. The summed E-state index contributed by atoms with van der Waals surface area (Å²) in [5.74, 6) is 2.07. The minimum absolute atomic E-state index is 0.197. The number of aryl methyl sites for hydroxylation is 1. The molecule has 3 heterocycles. The fourth-order valence-electron chi connectivity index (χ4n) is 3.59. The molecule has 0 spiro atoms. The van der Waals surface area contributed by atoms with E-state index in [4.69, 9.17) is 25.7 Å². The van der Waals surface area contributed by atoms with Crippen molar-refractivity contribution in [1.82, 2.24) is 14.5 Å². The van der Waals surface area contributed by atoms with E-state index in [1.54, 1.807) is 30.9 Å². The van der Waals surface area contributed by atoms with Gasteiger partial charge in [-0.2, -0.15) is 0 Å². The molecule has 5 aromatic rings. The molecule has 0 saturated carbocycles. The van der Waals surface area contributed by atoms with Gasteiger partial charge in [0, 0.05) is 54.1 Å². The molecule has 5 rings (SSSR count). The van der Waals surface area contributed by atoms with Gasteiger partial charge in [0.1, 0.15) is 17.3 Å². The molecule has 170 valence electrons. The van der Waals surface area contributed by atoms with Gasteiger partial charge in [0.2, 0.25) is 11.9 Å². The molecule has 0 aliphatic heterocycles. The Morgan fingerprint density at radius 1 is 1.09 bits per heavy atom. The van der Waals surface area contributed by atoms with Crippen molar-refractivity contribution in [3.8, 4) is 22.6 Å². The molecule has 2 N–H and O–H groups in total. The second-order valence-electron chi connectivity index (χ2n) is 7.64. The Hall–Kier alpha value is -4.30. The van der Waals surface area contributed by atoms with E-state index in [0.717, 1.165) is 27.8 Å². The Kier molecular flexibility index (Phi) is 5.65. The lowest BCUT2D eigenvalue weighted by Gasteiger charge is -2.09. The first-order valence-electron chi connectivity index (χ1n) is 10.4. The third-order valence-electron chi connectivity index (χ3n) is 5.18. The van der Waals surface area contributed by atoms with E-state index in [0.29, 0.717) is 28.3 Å². The number of halogens is 1. The number of rotatable bonds is 6. The first kappa shape index (κ1) is 21.5. The number of imidazole rings is 1. The van der Waals surface area contributed by atoms with Crippen molar-refractivity contribution in [2.24, 2.45) is 7.05 Å². The van der Waals surface area contributed by atoms with Gasteiger partial charge in [0.05, 0.1) is 23.6 Å². The molecule has 0 saturated heterocycles. The molecule has 8 nitrogen and oxygen atoms in total. The van der Waals surface area contributed by atoms with E-state index in [1.165, 1.54) is 6.92 Å². The van der Waals surface area contributed by atoms with Crippen molar-refractivity contribution in [3.63, 3.8) is 0 Å². The number of pyridine rings is 1. The zero-order chi connectivity index (χ0) is 23.7. The Bertz CT molecular complexity index is 1490. The first-order valence-corrected chi connectivity index (χ1v) is 10.8. The summed E-state index contributed by atoms with van der Waals surface area (Å²) in [4.78, 5) is 20.1.